The van der Waals surface area contributed by atoms with Crippen molar-refractivity contribution in [2.75, 3.05) is 13.1 Å². The summed E-state index contributed by atoms with van der Waals surface area (Å²) in [6, 6.07) is 0.383. The fraction of sp³-hybridized carbons (Fsp3) is 0.385. The third-order valence-corrected chi connectivity index (χ3v) is 5.21. The lowest BCUT2D eigenvalue weighted by molar-refractivity contribution is -0.385. The molecular weight excluding hydrogens is 361 g/mol. The van der Waals surface area contributed by atoms with Gasteiger partial charge >= 0.3 is 5.97 Å². The number of hydrogen-bond donors (Lipinski definition) is 2. The number of rotatable bonds is 8. The number of carbonyl (C=O) groups excluding carboxylic acids is 1. The number of carbonyl (C=O) groups is 2. The molecular formula is C13H16FN3O7S. The maximum absolute atomic E-state index is 14.1. The number of carboxylic acid groups (broad SMARTS) is 1. The molecule has 0 aromatic heterocycles. The van der Waals surface area contributed by atoms with Gasteiger partial charge in [0, 0.05) is 26.1 Å². The Morgan fingerprint density at radius 1 is 1.44 bits per heavy atom. The van der Waals surface area contributed by atoms with E-state index in [1.807, 2.05) is 0 Å². The first-order chi connectivity index (χ1) is 11.5. The fourth-order valence-electron chi connectivity index (χ4n) is 1.93. The predicted molar refractivity (Wildman–Crippen MR) is 82.7 cm³/mol. The first-order valence-electron chi connectivity index (χ1n) is 6.91. The van der Waals surface area contributed by atoms with Crippen molar-refractivity contribution < 1.29 is 32.4 Å². The van der Waals surface area contributed by atoms with Crippen molar-refractivity contribution in [3.63, 3.8) is 0 Å². The predicted octanol–water partition coefficient (Wildman–Crippen LogP) is 0.334. The molecule has 0 radical (unpaired) electrons. The van der Waals surface area contributed by atoms with Crippen LogP contribution in [0, 0.1) is 15.9 Å². The molecule has 1 rings (SSSR count). The lowest BCUT2D eigenvalue weighted by Crippen LogP contribution is -2.46. The standard InChI is InChI=1S/C13H16FN3O7S/c1-8(13(19)20)16(6-5-15-9(2)18)25(23,24)12-4-3-10(17(21)22)7-11(12)14/h3-4,7-8H,5-6H2,1-2H3,(H,15,18)(H,19,20). The van der Waals surface area contributed by atoms with Crippen LogP contribution in [0.5, 0.6) is 0 Å². The topological polar surface area (TPSA) is 147 Å². The first-order valence-corrected chi connectivity index (χ1v) is 8.35. The van der Waals surface area contributed by atoms with Gasteiger partial charge in [-0.2, -0.15) is 4.31 Å². The molecule has 2 N–H and O–H groups in total. The quantitative estimate of drug-likeness (QED) is 0.490. The highest BCUT2D eigenvalue weighted by Crippen LogP contribution is 2.24. The fourth-order valence-corrected chi connectivity index (χ4v) is 3.56. The number of benzene rings is 1. The zero-order valence-electron chi connectivity index (χ0n) is 13.3. The van der Waals surface area contributed by atoms with Gasteiger partial charge in [0.2, 0.25) is 15.9 Å². The smallest absolute Gasteiger partial charge is 0.321 e. The van der Waals surface area contributed by atoms with E-state index in [-0.39, 0.29) is 6.54 Å². The second kappa shape index (κ2) is 7.98. The number of carboxylic acids is 1. The van der Waals surface area contributed by atoms with E-state index in [1.54, 1.807) is 0 Å². The van der Waals surface area contributed by atoms with Crippen LogP contribution in [-0.2, 0) is 19.6 Å². The molecule has 0 saturated heterocycles. The molecule has 1 aromatic carbocycles. The van der Waals surface area contributed by atoms with Crippen molar-refractivity contribution in [3.05, 3.63) is 34.1 Å². The van der Waals surface area contributed by atoms with Crippen LogP contribution in [0.1, 0.15) is 13.8 Å². The molecule has 0 fully saturated rings. The van der Waals surface area contributed by atoms with Gasteiger partial charge in [0.1, 0.15) is 16.8 Å². The van der Waals surface area contributed by atoms with Gasteiger partial charge in [-0.25, -0.2) is 12.8 Å². The Morgan fingerprint density at radius 3 is 2.48 bits per heavy atom. The summed E-state index contributed by atoms with van der Waals surface area (Å²) in [7, 11) is -4.61. The zero-order chi connectivity index (χ0) is 19.4. The number of non-ortho nitro benzene ring substituents is 1. The van der Waals surface area contributed by atoms with Crippen molar-refractivity contribution in [1.82, 2.24) is 9.62 Å². The molecule has 1 atom stereocenters. The van der Waals surface area contributed by atoms with E-state index < -0.39 is 55.8 Å². The third-order valence-electron chi connectivity index (χ3n) is 3.21. The van der Waals surface area contributed by atoms with Crippen LogP contribution in [0.3, 0.4) is 0 Å². The van der Waals surface area contributed by atoms with Gasteiger partial charge in [0.05, 0.1) is 11.0 Å². The van der Waals surface area contributed by atoms with Gasteiger partial charge in [-0.05, 0) is 13.0 Å². The summed E-state index contributed by atoms with van der Waals surface area (Å²) in [6.45, 7) is 1.65. The van der Waals surface area contributed by atoms with Crippen LogP contribution in [0.15, 0.2) is 23.1 Å². The van der Waals surface area contributed by atoms with Crippen LogP contribution < -0.4 is 5.32 Å². The molecule has 138 valence electrons. The van der Waals surface area contributed by atoms with Gasteiger partial charge in [0.25, 0.3) is 5.69 Å². The van der Waals surface area contributed by atoms with Crippen LogP contribution in [0.25, 0.3) is 0 Å². The number of nitrogens with one attached hydrogen (secondary N) is 1. The van der Waals surface area contributed by atoms with E-state index in [0.717, 1.165) is 13.0 Å². The monoisotopic (exact) mass is 377 g/mol. The van der Waals surface area contributed by atoms with Crippen molar-refractivity contribution in [1.29, 1.82) is 0 Å². The van der Waals surface area contributed by atoms with Crippen LogP contribution >= 0.6 is 0 Å². The second-order valence-corrected chi connectivity index (χ2v) is 6.84. The Kier molecular flexibility index (Phi) is 6.53. The number of amides is 1. The number of halogens is 1. The van der Waals surface area contributed by atoms with Crippen molar-refractivity contribution in [3.8, 4) is 0 Å². The Balaban J connectivity index is 3.28. The molecule has 0 heterocycles. The molecule has 1 unspecified atom stereocenters. The SMILES string of the molecule is CC(=O)NCCN(C(C)C(=O)O)S(=O)(=O)c1ccc([N+](=O)[O-])cc1F. The molecule has 0 spiro atoms. The average Bonchev–Trinajstić information content (AvgIpc) is 2.49. The van der Waals surface area contributed by atoms with E-state index >= 15 is 0 Å². The van der Waals surface area contributed by atoms with Crippen LogP contribution in [0.2, 0.25) is 0 Å². The number of aliphatic carboxylic acids is 1. The molecule has 0 aliphatic carbocycles. The molecule has 0 saturated carbocycles. The van der Waals surface area contributed by atoms with E-state index in [4.69, 9.17) is 5.11 Å². The molecule has 1 amide bonds. The summed E-state index contributed by atoms with van der Waals surface area (Å²) in [4.78, 5) is 30.9. The summed E-state index contributed by atoms with van der Waals surface area (Å²) in [5.74, 6) is -3.31. The lowest BCUT2D eigenvalue weighted by atomic mass is 10.3. The van der Waals surface area contributed by atoms with Gasteiger partial charge in [-0.3, -0.25) is 19.7 Å². The maximum atomic E-state index is 14.1. The minimum atomic E-state index is -4.61. The number of nitro groups is 1. The van der Waals surface area contributed by atoms with E-state index in [1.165, 1.54) is 6.92 Å². The van der Waals surface area contributed by atoms with E-state index in [0.29, 0.717) is 16.4 Å². The Bertz CT molecular complexity index is 797. The summed E-state index contributed by atoms with van der Waals surface area (Å²) in [5, 5.41) is 22.0. The molecule has 25 heavy (non-hydrogen) atoms. The third kappa shape index (κ3) is 4.93. The summed E-state index contributed by atoms with van der Waals surface area (Å²) >= 11 is 0. The largest absolute Gasteiger partial charge is 0.480 e. The molecule has 0 bridgehead atoms. The van der Waals surface area contributed by atoms with Crippen molar-refractivity contribution >= 4 is 27.6 Å². The average molecular weight is 377 g/mol. The molecule has 1 aromatic rings. The number of nitro benzene ring substituents is 1. The molecule has 10 nitrogen and oxygen atoms in total. The van der Waals surface area contributed by atoms with Gasteiger partial charge in [-0.15, -0.1) is 0 Å². The summed E-state index contributed by atoms with van der Waals surface area (Å²) in [6.07, 6.45) is 0. The van der Waals surface area contributed by atoms with Gasteiger partial charge in [-0.1, -0.05) is 0 Å². The lowest BCUT2D eigenvalue weighted by Gasteiger charge is -2.25. The Morgan fingerprint density at radius 2 is 2.04 bits per heavy atom. The molecule has 0 aliphatic heterocycles. The highest BCUT2D eigenvalue weighted by Gasteiger charge is 2.35. The first kappa shape index (κ1) is 20.4. The number of sulfonamides is 1. The normalized spacial score (nSPS) is 12.6. The summed E-state index contributed by atoms with van der Waals surface area (Å²) < 4.78 is 39.7. The van der Waals surface area contributed by atoms with Crippen molar-refractivity contribution in [2.45, 2.75) is 24.8 Å². The highest BCUT2D eigenvalue weighted by molar-refractivity contribution is 7.89. The van der Waals surface area contributed by atoms with E-state index in [2.05, 4.69) is 5.32 Å². The summed E-state index contributed by atoms with van der Waals surface area (Å²) in [5.41, 5.74) is -0.646. The maximum Gasteiger partial charge on any atom is 0.321 e. The molecule has 12 heteroatoms. The molecule has 0 aliphatic rings. The number of hydrogen-bond acceptors (Lipinski definition) is 6. The van der Waals surface area contributed by atoms with Crippen molar-refractivity contribution in [2.24, 2.45) is 0 Å². The minimum absolute atomic E-state index is 0.194. The Hall–Kier alpha value is -2.60. The van der Waals surface area contributed by atoms with Crippen LogP contribution in [-0.4, -0.2) is 53.8 Å². The minimum Gasteiger partial charge on any atom is -0.480 e. The zero-order valence-corrected chi connectivity index (χ0v) is 14.1. The van der Waals surface area contributed by atoms with Gasteiger partial charge < -0.3 is 10.4 Å². The second-order valence-electron chi connectivity index (χ2n) is 4.98. The highest BCUT2D eigenvalue weighted by atomic mass is 32.2. The van der Waals surface area contributed by atoms with E-state index in [9.17, 15) is 32.5 Å². The Labute approximate surface area is 142 Å². The van der Waals surface area contributed by atoms with Crippen LogP contribution in [0.4, 0.5) is 10.1 Å². The van der Waals surface area contributed by atoms with Gasteiger partial charge in [0.15, 0.2) is 0 Å². The number of nitrogens with zero attached hydrogens (tertiary/aromatic N) is 2.